The van der Waals surface area contributed by atoms with Crippen molar-refractivity contribution < 1.29 is 13.9 Å². The van der Waals surface area contributed by atoms with E-state index in [1.165, 1.54) is 16.1 Å². The maximum absolute atomic E-state index is 13.7. The molecule has 0 fully saturated rings. The Morgan fingerprint density at radius 1 is 1.11 bits per heavy atom. The first-order chi connectivity index (χ1) is 13.0. The summed E-state index contributed by atoms with van der Waals surface area (Å²) in [7, 11) is 0. The van der Waals surface area contributed by atoms with Crippen molar-refractivity contribution >= 4 is 29.8 Å². The molecule has 0 aliphatic carbocycles. The third-order valence-corrected chi connectivity index (χ3v) is 9.16. The number of para-hydroxylation sites is 1. The number of rotatable bonds is 9. The molecule has 7 heteroatoms. The fraction of sp³-hybridized carbons (Fsp3) is 0.350. The van der Waals surface area contributed by atoms with Crippen molar-refractivity contribution in [1.29, 1.82) is 0 Å². The number of hydrogen-bond acceptors (Lipinski definition) is 4. The van der Waals surface area contributed by atoms with E-state index in [9.17, 15) is 9.36 Å². The average Bonchev–Trinajstić information content (AvgIpc) is 2.67. The van der Waals surface area contributed by atoms with Crippen LogP contribution in [0.1, 0.15) is 32.8 Å². The van der Waals surface area contributed by atoms with Crippen molar-refractivity contribution in [3.8, 4) is 0 Å². The molecule has 0 spiro atoms. The van der Waals surface area contributed by atoms with Gasteiger partial charge in [-0.15, -0.1) is 0 Å². The molecule has 0 bridgehead atoms. The first-order valence-electron chi connectivity index (χ1n) is 9.09. The molecule has 0 aliphatic heterocycles. The summed E-state index contributed by atoms with van der Waals surface area (Å²) in [5.41, 5.74) is 1.54. The zero-order chi connectivity index (χ0) is 19.7. The molecule has 27 heavy (non-hydrogen) atoms. The second kappa shape index (κ2) is 10.5. The standard InChI is InChI=1S/C20H27N2O3PS/c1-4-17(3)27-26(24,25-5-2)22(16-18-12-8-6-9-13-18)20(23)21-19-14-10-7-11-15-19/h6-15,17H,4-5,16H2,1-3H3,(H,21,23). The Labute approximate surface area is 165 Å². The molecule has 0 aliphatic rings. The third kappa shape index (κ3) is 6.42. The fourth-order valence-electron chi connectivity index (χ4n) is 2.36. The molecule has 146 valence electrons. The van der Waals surface area contributed by atoms with Gasteiger partial charge in [-0.2, -0.15) is 0 Å². The SMILES string of the molecule is CCOP(=O)(SC(C)CC)N(Cc1ccccc1)C(=O)Nc1ccccc1. The van der Waals surface area contributed by atoms with Gasteiger partial charge in [0.1, 0.15) is 0 Å². The number of nitrogens with one attached hydrogen (secondary N) is 1. The van der Waals surface area contributed by atoms with Crippen LogP contribution in [-0.2, 0) is 15.6 Å². The van der Waals surface area contributed by atoms with E-state index in [0.29, 0.717) is 5.69 Å². The van der Waals surface area contributed by atoms with Crippen LogP contribution in [-0.4, -0.2) is 22.6 Å². The predicted octanol–water partition coefficient (Wildman–Crippen LogP) is 6.40. The Balaban J connectivity index is 2.34. The molecule has 0 saturated heterocycles. The van der Waals surface area contributed by atoms with Gasteiger partial charge in [0, 0.05) is 10.9 Å². The highest BCUT2D eigenvalue weighted by Crippen LogP contribution is 2.65. The highest BCUT2D eigenvalue weighted by Gasteiger charge is 2.38. The van der Waals surface area contributed by atoms with Gasteiger partial charge in [0.15, 0.2) is 0 Å². The Morgan fingerprint density at radius 3 is 2.26 bits per heavy atom. The Morgan fingerprint density at radius 2 is 1.70 bits per heavy atom. The van der Waals surface area contributed by atoms with Gasteiger partial charge in [0.05, 0.1) is 13.2 Å². The van der Waals surface area contributed by atoms with Gasteiger partial charge >= 0.3 is 12.8 Å². The summed E-state index contributed by atoms with van der Waals surface area (Å²) in [6.07, 6.45) is 0.835. The molecule has 2 aromatic carbocycles. The van der Waals surface area contributed by atoms with Gasteiger partial charge < -0.3 is 9.84 Å². The monoisotopic (exact) mass is 406 g/mol. The lowest BCUT2D eigenvalue weighted by Crippen LogP contribution is -2.32. The van der Waals surface area contributed by atoms with Crippen LogP contribution < -0.4 is 5.32 Å². The van der Waals surface area contributed by atoms with Crippen LogP contribution in [0.25, 0.3) is 0 Å². The second-order valence-corrected chi connectivity index (χ2v) is 10.8. The minimum absolute atomic E-state index is 0.102. The molecular weight excluding hydrogens is 379 g/mol. The highest BCUT2D eigenvalue weighted by atomic mass is 32.7. The van der Waals surface area contributed by atoms with Gasteiger partial charge in [-0.25, -0.2) is 9.46 Å². The topological polar surface area (TPSA) is 58.6 Å². The van der Waals surface area contributed by atoms with E-state index < -0.39 is 12.8 Å². The maximum Gasteiger partial charge on any atom is 0.357 e. The first-order valence-corrected chi connectivity index (χ1v) is 12.2. The molecule has 2 rings (SSSR count). The average molecular weight is 406 g/mol. The van der Waals surface area contributed by atoms with Gasteiger partial charge in [-0.3, -0.25) is 4.57 Å². The van der Waals surface area contributed by atoms with Gasteiger partial charge in [-0.05, 0) is 42.4 Å². The summed E-state index contributed by atoms with van der Waals surface area (Å²) >= 11 is 1.24. The zero-order valence-electron chi connectivity index (χ0n) is 16.0. The lowest BCUT2D eigenvalue weighted by molar-refractivity contribution is 0.225. The molecule has 2 amide bonds. The largest absolute Gasteiger partial charge is 0.357 e. The van der Waals surface area contributed by atoms with E-state index in [4.69, 9.17) is 4.52 Å². The van der Waals surface area contributed by atoms with Crippen molar-refractivity contribution in [2.75, 3.05) is 11.9 Å². The van der Waals surface area contributed by atoms with Gasteiger partial charge in [0.25, 0.3) is 0 Å². The maximum atomic E-state index is 13.7. The summed E-state index contributed by atoms with van der Waals surface area (Å²) in [4.78, 5) is 13.1. The first kappa shape index (κ1) is 21.5. The van der Waals surface area contributed by atoms with E-state index in [0.717, 1.165) is 12.0 Å². The lowest BCUT2D eigenvalue weighted by Gasteiger charge is -2.31. The van der Waals surface area contributed by atoms with E-state index in [1.54, 1.807) is 19.1 Å². The number of carbonyl (C=O) groups excluding carboxylic acids is 1. The quantitative estimate of drug-likeness (QED) is 0.490. The molecule has 0 radical (unpaired) electrons. The van der Waals surface area contributed by atoms with Crippen LogP contribution in [0.4, 0.5) is 10.5 Å². The molecular formula is C20H27N2O3PS. The smallest absolute Gasteiger partial charge is 0.307 e. The lowest BCUT2D eigenvalue weighted by atomic mass is 10.2. The summed E-state index contributed by atoms with van der Waals surface area (Å²) < 4.78 is 20.7. The number of anilines is 1. The van der Waals surface area contributed by atoms with Crippen LogP contribution >= 0.6 is 18.1 Å². The molecule has 5 nitrogen and oxygen atoms in total. The van der Waals surface area contributed by atoms with Crippen LogP contribution in [0, 0.1) is 0 Å². The molecule has 2 unspecified atom stereocenters. The molecule has 0 aromatic heterocycles. The number of benzene rings is 2. The number of nitrogens with zero attached hydrogens (tertiary/aromatic N) is 1. The van der Waals surface area contributed by atoms with Crippen molar-refractivity contribution in [3.05, 3.63) is 66.2 Å². The fourth-order valence-corrected chi connectivity index (χ4v) is 7.26. The van der Waals surface area contributed by atoms with Crippen LogP contribution in [0.5, 0.6) is 0 Å². The summed E-state index contributed by atoms with van der Waals surface area (Å²) in [5, 5.41) is 2.94. The third-order valence-electron chi connectivity index (χ3n) is 3.91. The molecule has 1 N–H and O–H groups in total. The van der Waals surface area contributed by atoms with Gasteiger partial charge in [0.2, 0.25) is 0 Å². The van der Waals surface area contributed by atoms with Crippen LogP contribution in [0.15, 0.2) is 60.7 Å². The minimum atomic E-state index is -3.42. The van der Waals surface area contributed by atoms with E-state index in [1.807, 2.05) is 62.4 Å². The van der Waals surface area contributed by atoms with Crippen molar-refractivity contribution in [2.24, 2.45) is 0 Å². The van der Waals surface area contributed by atoms with Crippen LogP contribution in [0.3, 0.4) is 0 Å². The number of amides is 2. The molecule has 2 atom stereocenters. The van der Waals surface area contributed by atoms with E-state index in [-0.39, 0.29) is 18.4 Å². The normalized spacial score (nSPS) is 14.2. The summed E-state index contributed by atoms with van der Waals surface area (Å²) in [5.74, 6) is 0. The Kier molecular flexibility index (Phi) is 8.42. The highest BCUT2D eigenvalue weighted by molar-refractivity contribution is 8.56. The summed E-state index contributed by atoms with van der Waals surface area (Å²) in [6, 6.07) is 18.2. The minimum Gasteiger partial charge on any atom is -0.307 e. The number of urea groups is 1. The van der Waals surface area contributed by atoms with Crippen LogP contribution in [0.2, 0.25) is 0 Å². The van der Waals surface area contributed by atoms with Crippen molar-refractivity contribution in [1.82, 2.24) is 4.67 Å². The summed E-state index contributed by atoms with van der Waals surface area (Å²) in [6.45, 7) is 2.87. The number of hydrogen-bond donors (Lipinski definition) is 1. The predicted molar refractivity (Wildman–Crippen MR) is 114 cm³/mol. The number of carbonyl (C=O) groups is 1. The Hall–Kier alpha value is -1.75. The van der Waals surface area contributed by atoms with Crippen molar-refractivity contribution in [3.63, 3.8) is 0 Å². The molecule has 0 saturated carbocycles. The van der Waals surface area contributed by atoms with Crippen molar-refractivity contribution in [2.45, 2.75) is 39.0 Å². The van der Waals surface area contributed by atoms with E-state index >= 15 is 0 Å². The second-order valence-electron chi connectivity index (χ2n) is 6.05. The zero-order valence-corrected chi connectivity index (χ0v) is 17.7. The van der Waals surface area contributed by atoms with E-state index in [2.05, 4.69) is 5.32 Å². The molecule has 0 heterocycles. The Bertz CT molecular complexity index is 758. The van der Waals surface area contributed by atoms with Gasteiger partial charge in [-0.1, -0.05) is 62.4 Å². The molecule has 2 aromatic rings.